The molecule has 1 aromatic carbocycles. The summed E-state index contributed by atoms with van der Waals surface area (Å²) in [7, 11) is 0. The molecule has 0 bridgehead atoms. The normalized spacial score (nSPS) is 12.1. The van der Waals surface area contributed by atoms with Crippen LogP contribution >= 0.6 is 0 Å². The van der Waals surface area contributed by atoms with Crippen LogP contribution in [-0.2, 0) is 11.3 Å². The van der Waals surface area contributed by atoms with Crippen molar-refractivity contribution in [3.8, 4) is 0 Å². The van der Waals surface area contributed by atoms with Gasteiger partial charge in [-0.1, -0.05) is 6.07 Å². The van der Waals surface area contributed by atoms with Gasteiger partial charge in [-0.05, 0) is 23.8 Å². The van der Waals surface area contributed by atoms with Crippen molar-refractivity contribution >= 4 is 39.5 Å². The number of pyridine rings is 1. The average molecular weight is 340 g/mol. The molecule has 0 saturated heterocycles. The van der Waals surface area contributed by atoms with E-state index in [1.165, 1.54) is 6.08 Å². The summed E-state index contributed by atoms with van der Waals surface area (Å²) in [5.41, 5.74) is 14.8. The molecular formula is C17H20N6O2. The number of fused-ring (bicyclic) bond motifs is 3. The number of allylic oxidation sites excluding steroid dienone is 1. The monoisotopic (exact) mass is 340 g/mol. The standard InChI is InChI=1S/C17H20N6O2/c18-4-3-14(19)11-1-2-12-15(9-11)21-17(20)13-10-23(22-16(12)13)5-7-25-8-6-24/h1-4,9-10,18,24H,5-8,19H2,(H2,20,21). The summed E-state index contributed by atoms with van der Waals surface area (Å²) in [6.45, 7) is 1.32. The molecule has 0 fully saturated rings. The van der Waals surface area contributed by atoms with Gasteiger partial charge in [0.05, 0.1) is 37.3 Å². The highest BCUT2D eigenvalue weighted by atomic mass is 16.5. The predicted octanol–water partition coefficient (Wildman–Crippen LogP) is 1.12. The molecule has 0 unspecified atom stereocenters. The third-order valence-electron chi connectivity index (χ3n) is 3.83. The first kappa shape index (κ1) is 16.9. The Bertz CT molecular complexity index is 947. The summed E-state index contributed by atoms with van der Waals surface area (Å²) >= 11 is 0. The number of hydrogen-bond acceptors (Lipinski definition) is 7. The average Bonchev–Trinajstić information content (AvgIpc) is 3.03. The van der Waals surface area contributed by atoms with Gasteiger partial charge in [0.2, 0.25) is 0 Å². The molecule has 3 aromatic rings. The van der Waals surface area contributed by atoms with Crippen molar-refractivity contribution in [1.29, 1.82) is 5.41 Å². The van der Waals surface area contributed by atoms with Crippen molar-refractivity contribution in [2.24, 2.45) is 5.73 Å². The topological polar surface area (TPSA) is 136 Å². The smallest absolute Gasteiger partial charge is 0.135 e. The molecule has 0 saturated carbocycles. The Balaban J connectivity index is 2.00. The molecule has 2 heterocycles. The van der Waals surface area contributed by atoms with Crippen LogP contribution in [0.15, 0.2) is 30.5 Å². The Morgan fingerprint density at radius 1 is 1.32 bits per heavy atom. The fourth-order valence-corrected chi connectivity index (χ4v) is 2.63. The molecule has 25 heavy (non-hydrogen) atoms. The highest BCUT2D eigenvalue weighted by Crippen LogP contribution is 2.28. The first-order valence-corrected chi connectivity index (χ1v) is 7.85. The third-order valence-corrected chi connectivity index (χ3v) is 3.83. The molecule has 8 nitrogen and oxygen atoms in total. The van der Waals surface area contributed by atoms with Crippen LogP contribution in [0.2, 0.25) is 0 Å². The second-order valence-electron chi connectivity index (χ2n) is 5.51. The lowest BCUT2D eigenvalue weighted by Crippen LogP contribution is -2.08. The van der Waals surface area contributed by atoms with Gasteiger partial charge in [-0.15, -0.1) is 0 Å². The fourth-order valence-electron chi connectivity index (χ4n) is 2.63. The molecule has 3 rings (SSSR count). The Kier molecular flexibility index (Phi) is 4.92. The van der Waals surface area contributed by atoms with Crippen LogP contribution in [0.3, 0.4) is 0 Å². The van der Waals surface area contributed by atoms with Crippen LogP contribution in [0, 0.1) is 5.41 Å². The van der Waals surface area contributed by atoms with Crippen molar-refractivity contribution in [3.05, 3.63) is 36.0 Å². The van der Waals surface area contributed by atoms with Gasteiger partial charge in [-0.25, -0.2) is 4.98 Å². The van der Waals surface area contributed by atoms with Crippen molar-refractivity contribution in [2.45, 2.75) is 6.54 Å². The van der Waals surface area contributed by atoms with E-state index < -0.39 is 0 Å². The number of aliphatic hydroxyl groups is 1. The summed E-state index contributed by atoms with van der Waals surface area (Å²) in [4.78, 5) is 4.45. The minimum absolute atomic E-state index is 0.000474. The summed E-state index contributed by atoms with van der Waals surface area (Å²) in [5.74, 6) is 0.400. The Morgan fingerprint density at radius 3 is 2.92 bits per heavy atom. The van der Waals surface area contributed by atoms with Crippen LogP contribution < -0.4 is 11.5 Å². The van der Waals surface area contributed by atoms with Gasteiger partial charge >= 0.3 is 0 Å². The second-order valence-corrected chi connectivity index (χ2v) is 5.51. The molecule has 0 amide bonds. The Hall–Kier alpha value is -2.97. The van der Waals surface area contributed by atoms with E-state index in [4.69, 9.17) is 26.7 Å². The number of rotatable bonds is 7. The van der Waals surface area contributed by atoms with Gasteiger partial charge in [0, 0.05) is 23.5 Å². The van der Waals surface area contributed by atoms with Gasteiger partial charge in [0.1, 0.15) is 11.3 Å². The van der Waals surface area contributed by atoms with E-state index in [1.54, 1.807) is 4.68 Å². The largest absolute Gasteiger partial charge is 0.398 e. The fraction of sp³-hybridized carbons (Fsp3) is 0.235. The summed E-state index contributed by atoms with van der Waals surface area (Å²) in [6, 6.07) is 5.62. The lowest BCUT2D eigenvalue weighted by molar-refractivity contribution is 0.0855. The quantitative estimate of drug-likeness (QED) is 0.376. The van der Waals surface area contributed by atoms with E-state index in [0.717, 1.165) is 28.1 Å². The molecule has 0 atom stereocenters. The molecule has 0 aliphatic carbocycles. The molecule has 0 radical (unpaired) electrons. The number of hydrogen-bond donors (Lipinski definition) is 4. The molecular weight excluding hydrogens is 320 g/mol. The number of nitrogens with zero attached hydrogens (tertiary/aromatic N) is 3. The highest BCUT2D eigenvalue weighted by molar-refractivity contribution is 6.07. The summed E-state index contributed by atoms with van der Waals surface area (Å²) in [5, 5.41) is 22.1. The SMILES string of the molecule is N=CC=C(N)c1ccc2c(c1)nc(N)c1cn(CCOCCO)nc12. The third kappa shape index (κ3) is 3.44. The van der Waals surface area contributed by atoms with Crippen LogP contribution in [-0.4, -0.2) is 45.9 Å². The number of ether oxygens (including phenoxy) is 1. The van der Waals surface area contributed by atoms with E-state index in [9.17, 15) is 0 Å². The van der Waals surface area contributed by atoms with Crippen molar-refractivity contribution in [1.82, 2.24) is 14.8 Å². The number of aliphatic hydroxyl groups excluding tert-OH is 1. The van der Waals surface area contributed by atoms with E-state index in [2.05, 4.69) is 10.1 Å². The second kappa shape index (κ2) is 7.29. The minimum atomic E-state index is 0.000474. The molecule has 0 spiro atoms. The maximum atomic E-state index is 8.73. The van der Waals surface area contributed by atoms with Gasteiger partial charge in [-0.2, -0.15) is 5.10 Å². The number of nitrogens with one attached hydrogen (secondary N) is 1. The number of benzene rings is 1. The van der Waals surface area contributed by atoms with Gasteiger partial charge in [0.15, 0.2) is 0 Å². The zero-order valence-corrected chi connectivity index (χ0v) is 13.6. The van der Waals surface area contributed by atoms with Gasteiger partial charge in [0.25, 0.3) is 0 Å². The Labute approximate surface area is 144 Å². The summed E-state index contributed by atoms with van der Waals surface area (Å²) < 4.78 is 7.03. The van der Waals surface area contributed by atoms with Gasteiger partial charge in [-0.3, -0.25) is 4.68 Å². The van der Waals surface area contributed by atoms with Crippen LogP contribution in [0.1, 0.15) is 5.56 Å². The highest BCUT2D eigenvalue weighted by Gasteiger charge is 2.11. The molecule has 6 N–H and O–H groups in total. The first-order valence-electron chi connectivity index (χ1n) is 7.85. The lowest BCUT2D eigenvalue weighted by Gasteiger charge is -2.05. The number of nitrogens with two attached hydrogens (primary N) is 2. The molecule has 130 valence electrons. The number of anilines is 1. The van der Waals surface area contributed by atoms with E-state index in [-0.39, 0.29) is 6.61 Å². The van der Waals surface area contributed by atoms with Crippen LogP contribution in [0.4, 0.5) is 5.82 Å². The van der Waals surface area contributed by atoms with Crippen molar-refractivity contribution in [3.63, 3.8) is 0 Å². The molecule has 0 aliphatic rings. The van der Waals surface area contributed by atoms with Crippen LogP contribution in [0.25, 0.3) is 27.5 Å². The van der Waals surface area contributed by atoms with E-state index in [0.29, 0.717) is 36.8 Å². The Morgan fingerprint density at radius 2 is 2.16 bits per heavy atom. The van der Waals surface area contributed by atoms with Crippen molar-refractivity contribution < 1.29 is 9.84 Å². The predicted molar refractivity (Wildman–Crippen MR) is 98.3 cm³/mol. The first-order chi connectivity index (χ1) is 12.1. The van der Waals surface area contributed by atoms with E-state index in [1.807, 2.05) is 24.4 Å². The maximum Gasteiger partial charge on any atom is 0.135 e. The minimum Gasteiger partial charge on any atom is -0.398 e. The number of nitrogen functional groups attached to an aromatic ring is 1. The van der Waals surface area contributed by atoms with E-state index >= 15 is 0 Å². The van der Waals surface area contributed by atoms with Gasteiger partial charge < -0.3 is 26.7 Å². The molecule has 0 aliphatic heterocycles. The maximum absolute atomic E-state index is 8.73. The molecule has 8 heteroatoms. The zero-order chi connectivity index (χ0) is 17.8. The molecule has 2 aromatic heterocycles. The number of aromatic nitrogens is 3. The lowest BCUT2D eigenvalue weighted by atomic mass is 10.1. The van der Waals surface area contributed by atoms with Crippen LogP contribution in [0.5, 0.6) is 0 Å². The zero-order valence-electron chi connectivity index (χ0n) is 13.6. The summed E-state index contributed by atoms with van der Waals surface area (Å²) in [6.07, 6.45) is 4.51. The van der Waals surface area contributed by atoms with Crippen molar-refractivity contribution in [2.75, 3.05) is 25.6 Å².